The molecule has 5 rings (SSSR count). The quantitative estimate of drug-likeness (QED) is 0.672. The molecule has 1 atom stereocenters. The van der Waals surface area contributed by atoms with Gasteiger partial charge < -0.3 is 14.8 Å². The van der Waals surface area contributed by atoms with Crippen molar-refractivity contribution in [2.75, 3.05) is 12.4 Å². The van der Waals surface area contributed by atoms with Gasteiger partial charge in [0.1, 0.15) is 5.82 Å². The molecule has 2 aliphatic rings. The summed E-state index contributed by atoms with van der Waals surface area (Å²) in [6.45, 7) is 0. The monoisotopic (exact) mass is 403 g/mol. The van der Waals surface area contributed by atoms with Crippen molar-refractivity contribution in [1.29, 1.82) is 0 Å². The average Bonchev–Trinajstić information content (AvgIpc) is 3.44. The SMILES string of the molecule is COc1cc(C2CC(=O)Nc3c2cnn3-c2ccccc2)ccc1OC1CCCC1. The van der Waals surface area contributed by atoms with Gasteiger partial charge in [0.25, 0.3) is 0 Å². The zero-order chi connectivity index (χ0) is 20.5. The Labute approximate surface area is 175 Å². The number of methoxy groups -OCH3 is 1. The maximum Gasteiger partial charge on any atom is 0.226 e. The minimum absolute atomic E-state index is 0.0181. The first-order valence-corrected chi connectivity index (χ1v) is 10.5. The third kappa shape index (κ3) is 3.43. The standard InChI is InChI=1S/C24H25N3O3/c1-29-22-13-16(11-12-21(22)30-18-9-5-6-10-18)19-14-23(28)26-24-20(19)15-25-27(24)17-7-3-2-4-8-17/h2-4,7-8,11-13,15,18-19H,5-6,9-10,14H2,1H3,(H,26,28). The van der Waals surface area contributed by atoms with E-state index in [0.29, 0.717) is 12.2 Å². The Morgan fingerprint density at radius 3 is 2.63 bits per heavy atom. The van der Waals surface area contributed by atoms with Crippen LogP contribution >= 0.6 is 0 Å². The van der Waals surface area contributed by atoms with Crippen LogP contribution in [0.4, 0.5) is 5.82 Å². The fourth-order valence-corrected chi connectivity index (χ4v) is 4.47. The van der Waals surface area contributed by atoms with E-state index < -0.39 is 0 Å². The van der Waals surface area contributed by atoms with Crippen molar-refractivity contribution < 1.29 is 14.3 Å². The summed E-state index contributed by atoms with van der Waals surface area (Å²) >= 11 is 0. The highest BCUT2D eigenvalue weighted by atomic mass is 16.5. The van der Waals surface area contributed by atoms with Gasteiger partial charge in [-0.05, 0) is 55.5 Å². The zero-order valence-electron chi connectivity index (χ0n) is 17.0. The number of anilines is 1. The largest absolute Gasteiger partial charge is 0.493 e. The van der Waals surface area contributed by atoms with E-state index >= 15 is 0 Å². The number of nitrogens with one attached hydrogen (secondary N) is 1. The van der Waals surface area contributed by atoms with Gasteiger partial charge in [-0.15, -0.1) is 0 Å². The first-order chi connectivity index (χ1) is 14.7. The minimum Gasteiger partial charge on any atom is -0.493 e. The molecular weight excluding hydrogens is 378 g/mol. The van der Waals surface area contributed by atoms with Crippen LogP contribution in [0, 0.1) is 0 Å². The maximum absolute atomic E-state index is 12.5. The van der Waals surface area contributed by atoms with Crippen molar-refractivity contribution in [1.82, 2.24) is 9.78 Å². The number of nitrogens with zero attached hydrogens (tertiary/aromatic N) is 2. The molecule has 1 aliphatic carbocycles. The molecule has 1 aromatic heterocycles. The van der Waals surface area contributed by atoms with E-state index in [-0.39, 0.29) is 17.9 Å². The first kappa shape index (κ1) is 18.7. The molecule has 2 heterocycles. The van der Waals surface area contributed by atoms with Crippen LogP contribution in [0.1, 0.15) is 49.1 Å². The number of fused-ring (bicyclic) bond motifs is 1. The predicted molar refractivity (Wildman–Crippen MR) is 115 cm³/mol. The lowest BCUT2D eigenvalue weighted by molar-refractivity contribution is -0.116. The van der Waals surface area contributed by atoms with Crippen LogP contribution in [0.3, 0.4) is 0 Å². The summed E-state index contributed by atoms with van der Waals surface area (Å²) in [6, 6.07) is 15.8. The third-order valence-electron chi connectivity index (χ3n) is 6.01. The van der Waals surface area contributed by atoms with Crippen LogP contribution in [0.2, 0.25) is 0 Å². The lowest BCUT2D eigenvalue weighted by Crippen LogP contribution is -2.24. The van der Waals surface area contributed by atoms with Crippen molar-refractivity contribution in [3.8, 4) is 17.2 Å². The topological polar surface area (TPSA) is 65.4 Å². The number of hydrogen-bond acceptors (Lipinski definition) is 4. The molecule has 30 heavy (non-hydrogen) atoms. The summed E-state index contributed by atoms with van der Waals surface area (Å²) in [5.74, 6) is 2.11. The highest BCUT2D eigenvalue weighted by Gasteiger charge is 2.31. The molecular formula is C24H25N3O3. The fourth-order valence-electron chi connectivity index (χ4n) is 4.47. The van der Waals surface area contributed by atoms with Gasteiger partial charge in [0.05, 0.1) is 25.1 Å². The molecule has 0 radical (unpaired) electrons. The second kappa shape index (κ2) is 7.86. The van der Waals surface area contributed by atoms with Crippen LogP contribution in [0.25, 0.3) is 5.69 Å². The molecule has 1 aliphatic heterocycles. The molecule has 6 nitrogen and oxygen atoms in total. The number of carbonyl (C=O) groups is 1. The van der Waals surface area contributed by atoms with Gasteiger partial charge in [-0.1, -0.05) is 24.3 Å². The van der Waals surface area contributed by atoms with E-state index in [9.17, 15) is 4.79 Å². The third-order valence-corrected chi connectivity index (χ3v) is 6.01. The number of para-hydroxylation sites is 1. The van der Waals surface area contributed by atoms with Crippen LogP contribution in [-0.2, 0) is 4.79 Å². The van der Waals surface area contributed by atoms with E-state index in [2.05, 4.69) is 10.4 Å². The molecule has 1 fully saturated rings. The average molecular weight is 403 g/mol. The van der Waals surface area contributed by atoms with Crippen molar-refractivity contribution in [3.05, 3.63) is 65.9 Å². The second-order valence-electron chi connectivity index (χ2n) is 7.94. The summed E-state index contributed by atoms with van der Waals surface area (Å²) in [7, 11) is 1.66. The molecule has 1 amide bonds. The molecule has 2 aromatic carbocycles. The number of ether oxygens (including phenoxy) is 2. The number of rotatable bonds is 5. The Hall–Kier alpha value is -3.28. The van der Waals surface area contributed by atoms with Gasteiger partial charge in [-0.3, -0.25) is 4.79 Å². The van der Waals surface area contributed by atoms with E-state index in [0.717, 1.165) is 41.2 Å². The Bertz CT molecular complexity index is 1050. The molecule has 3 aromatic rings. The number of aromatic nitrogens is 2. The van der Waals surface area contributed by atoms with Crippen molar-refractivity contribution in [2.45, 2.75) is 44.1 Å². The van der Waals surface area contributed by atoms with E-state index in [1.807, 2.05) is 54.7 Å². The van der Waals surface area contributed by atoms with E-state index in [1.165, 1.54) is 12.8 Å². The van der Waals surface area contributed by atoms with Gasteiger partial charge in [-0.2, -0.15) is 5.10 Å². The summed E-state index contributed by atoms with van der Waals surface area (Å²) in [5.41, 5.74) is 2.94. The summed E-state index contributed by atoms with van der Waals surface area (Å²) < 4.78 is 13.6. The smallest absolute Gasteiger partial charge is 0.226 e. The molecule has 0 saturated heterocycles. The summed E-state index contributed by atoms with van der Waals surface area (Å²) in [4.78, 5) is 12.5. The van der Waals surface area contributed by atoms with Crippen molar-refractivity contribution in [2.24, 2.45) is 0 Å². The van der Waals surface area contributed by atoms with E-state index in [4.69, 9.17) is 9.47 Å². The Morgan fingerprint density at radius 2 is 1.87 bits per heavy atom. The van der Waals surface area contributed by atoms with E-state index in [1.54, 1.807) is 11.8 Å². The summed E-state index contributed by atoms with van der Waals surface area (Å²) in [6.07, 6.45) is 7.11. The molecule has 1 N–H and O–H groups in total. The minimum atomic E-state index is -0.0827. The zero-order valence-corrected chi connectivity index (χ0v) is 17.0. The fraction of sp³-hybridized carbons (Fsp3) is 0.333. The lowest BCUT2D eigenvalue weighted by atomic mass is 9.87. The van der Waals surface area contributed by atoms with Crippen molar-refractivity contribution >= 4 is 11.7 Å². The number of amides is 1. The van der Waals surface area contributed by atoms with Gasteiger partial charge in [-0.25, -0.2) is 4.68 Å². The van der Waals surface area contributed by atoms with Crippen LogP contribution in [0.15, 0.2) is 54.7 Å². The number of benzene rings is 2. The van der Waals surface area contributed by atoms with Crippen LogP contribution < -0.4 is 14.8 Å². The van der Waals surface area contributed by atoms with Gasteiger partial charge in [0.15, 0.2) is 11.5 Å². The normalized spacial score (nSPS) is 18.7. The first-order valence-electron chi connectivity index (χ1n) is 10.5. The molecule has 1 unspecified atom stereocenters. The molecule has 0 spiro atoms. The van der Waals surface area contributed by atoms with Crippen LogP contribution in [0.5, 0.6) is 11.5 Å². The number of carbonyl (C=O) groups excluding carboxylic acids is 1. The maximum atomic E-state index is 12.5. The number of hydrogen-bond donors (Lipinski definition) is 1. The highest BCUT2D eigenvalue weighted by Crippen LogP contribution is 2.41. The molecule has 0 bridgehead atoms. The Balaban J connectivity index is 1.49. The molecule has 6 heteroatoms. The van der Waals surface area contributed by atoms with Gasteiger partial charge in [0, 0.05) is 17.9 Å². The predicted octanol–water partition coefficient (Wildman–Crippen LogP) is 4.68. The van der Waals surface area contributed by atoms with Gasteiger partial charge in [0.2, 0.25) is 5.91 Å². The molecule has 1 saturated carbocycles. The Kier molecular flexibility index (Phi) is 4.91. The lowest BCUT2D eigenvalue weighted by Gasteiger charge is -2.25. The Morgan fingerprint density at radius 1 is 1.07 bits per heavy atom. The van der Waals surface area contributed by atoms with Crippen molar-refractivity contribution in [3.63, 3.8) is 0 Å². The second-order valence-corrected chi connectivity index (χ2v) is 7.94. The van der Waals surface area contributed by atoms with Crippen LogP contribution in [-0.4, -0.2) is 28.9 Å². The highest BCUT2D eigenvalue weighted by molar-refractivity contribution is 5.94. The molecule has 154 valence electrons. The summed E-state index contributed by atoms with van der Waals surface area (Å²) in [5, 5.41) is 7.55. The van der Waals surface area contributed by atoms with Gasteiger partial charge >= 0.3 is 0 Å².